The SMILES string of the molecule is CC1(C)C(=O)CC[C@@H]1O. The molecule has 1 aliphatic rings. The first-order chi connectivity index (χ1) is 4.05. The van der Waals surface area contributed by atoms with E-state index in [-0.39, 0.29) is 5.78 Å². The highest BCUT2D eigenvalue weighted by Crippen LogP contribution is 2.33. The second-order valence-corrected chi connectivity index (χ2v) is 3.20. The van der Waals surface area contributed by atoms with Crippen molar-refractivity contribution < 1.29 is 9.90 Å². The molecule has 1 saturated carbocycles. The van der Waals surface area contributed by atoms with Crippen molar-refractivity contribution in [3.63, 3.8) is 0 Å². The van der Waals surface area contributed by atoms with Gasteiger partial charge in [0, 0.05) is 11.8 Å². The van der Waals surface area contributed by atoms with Gasteiger partial charge in [0.25, 0.3) is 0 Å². The van der Waals surface area contributed by atoms with Crippen LogP contribution in [0.25, 0.3) is 0 Å². The van der Waals surface area contributed by atoms with E-state index < -0.39 is 11.5 Å². The molecule has 1 fully saturated rings. The zero-order chi connectivity index (χ0) is 7.07. The summed E-state index contributed by atoms with van der Waals surface area (Å²) < 4.78 is 0. The number of Topliss-reactive ketones (excluding diaryl/α,β-unsaturated/α-hetero) is 1. The van der Waals surface area contributed by atoms with Crippen LogP contribution in [-0.4, -0.2) is 17.0 Å². The van der Waals surface area contributed by atoms with E-state index in [9.17, 15) is 9.90 Å². The van der Waals surface area contributed by atoms with Gasteiger partial charge in [0.15, 0.2) is 0 Å². The average Bonchev–Trinajstić information content (AvgIpc) is 1.96. The van der Waals surface area contributed by atoms with Crippen LogP contribution in [0.3, 0.4) is 0 Å². The molecule has 2 heteroatoms. The third-order valence-corrected chi connectivity index (χ3v) is 2.20. The molecule has 0 aliphatic heterocycles. The minimum atomic E-state index is -0.472. The first-order valence-electron chi connectivity index (χ1n) is 3.26. The maximum absolute atomic E-state index is 10.9. The van der Waals surface area contributed by atoms with E-state index >= 15 is 0 Å². The molecule has 9 heavy (non-hydrogen) atoms. The van der Waals surface area contributed by atoms with E-state index in [1.165, 1.54) is 0 Å². The second kappa shape index (κ2) is 1.81. The Morgan fingerprint density at radius 2 is 2.22 bits per heavy atom. The summed E-state index contributed by atoms with van der Waals surface area (Å²) in [6.45, 7) is 3.60. The molecule has 0 amide bonds. The average molecular weight is 128 g/mol. The van der Waals surface area contributed by atoms with Gasteiger partial charge in [-0.15, -0.1) is 0 Å². The van der Waals surface area contributed by atoms with Crippen LogP contribution in [-0.2, 0) is 4.79 Å². The van der Waals surface area contributed by atoms with Crippen molar-refractivity contribution in [2.75, 3.05) is 0 Å². The second-order valence-electron chi connectivity index (χ2n) is 3.20. The number of aliphatic hydroxyl groups excluding tert-OH is 1. The van der Waals surface area contributed by atoms with Crippen molar-refractivity contribution in [2.24, 2.45) is 5.41 Å². The molecule has 0 heterocycles. The highest BCUT2D eigenvalue weighted by atomic mass is 16.3. The zero-order valence-electron chi connectivity index (χ0n) is 5.85. The summed E-state index contributed by atoms with van der Waals surface area (Å²) in [5.41, 5.74) is -0.472. The van der Waals surface area contributed by atoms with Gasteiger partial charge in [0.05, 0.1) is 6.10 Å². The Labute approximate surface area is 54.9 Å². The molecule has 1 aliphatic carbocycles. The van der Waals surface area contributed by atoms with Gasteiger partial charge in [0.2, 0.25) is 0 Å². The van der Waals surface area contributed by atoms with Crippen LogP contribution < -0.4 is 0 Å². The molecule has 0 aromatic rings. The molecular weight excluding hydrogens is 116 g/mol. The fraction of sp³-hybridized carbons (Fsp3) is 0.857. The van der Waals surface area contributed by atoms with E-state index in [1.807, 2.05) is 0 Å². The van der Waals surface area contributed by atoms with Crippen molar-refractivity contribution in [2.45, 2.75) is 32.8 Å². The van der Waals surface area contributed by atoms with E-state index in [0.29, 0.717) is 12.8 Å². The fourth-order valence-electron chi connectivity index (χ4n) is 1.14. The summed E-state index contributed by atoms with van der Waals surface area (Å²) in [4.78, 5) is 10.9. The Bertz CT molecular complexity index is 138. The van der Waals surface area contributed by atoms with Crippen LogP contribution in [0.1, 0.15) is 26.7 Å². The standard InChI is InChI=1S/C7H12O2/c1-7(2)5(8)3-4-6(7)9/h5,8H,3-4H2,1-2H3/t5-/m0/s1. The first-order valence-corrected chi connectivity index (χ1v) is 3.26. The van der Waals surface area contributed by atoms with Gasteiger partial charge in [-0.05, 0) is 6.42 Å². The molecule has 0 aromatic carbocycles. The predicted molar refractivity (Wildman–Crippen MR) is 34.0 cm³/mol. The van der Waals surface area contributed by atoms with Crippen LogP contribution in [0.5, 0.6) is 0 Å². The van der Waals surface area contributed by atoms with Gasteiger partial charge in [-0.25, -0.2) is 0 Å². The number of hydrogen-bond acceptors (Lipinski definition) is 2. The number of ketones is 1. The Morgan fingerprint density at radius 3 is 2.33 bits per heavy atom. The minimum absolute atomic E-state index is 0.190. The molecule has 1 rings (SSSR count). The lowest BCUT2D eigenvalue weighted by Gasteiger charge is -2.19. The van der Waals surface area contributed by atoms with Crippen molar-refractivity contribution in [1.29, 1.82) is 0 Å². The molecule has 2 nitrogen and oxygen atoms in total. The fourth-order valence-corrected chi connectivity index (χ4v) is 1.14. The summed E-state index contributed by atoms with van der Waals surface area (Å²) in [6, 6.07) is 0. The lowest BCUT2D eigenvalue weighted by Crippen LogP contribution is -2.28. The van der Waals surface area contributed by atoms with Gasteiger partial charge >= 0.3 is 0 Å². The highest BCUT2D eigenvalue weighted by Gasteiger charge is 2.40. The molecule has 1 N–H and O–H groups in total. The smallest absolute Gasteiger partial charge is 0.141 e. The van der Waals surface area contributed by atoms with Crippen molar-refractivity contribution in [3.05, 3.63) is 0 Å². The Balaban J connectivity index is 2.78. The quantitative estimate of drug-likeness (QED) is 0.522. The topological polar surface area (TPSA) is 37.3 Å². The molecule has 52 valence electrons. The summed E-state index contributed by atoms with van der Waals surface area (Å²) in [6.07, 6.45) is 0.782. The van der Waals surface area contributed by atoms with Crippen LogP contribution in [0.2, 0.25) is 0 Å². The van der Waals surface area contributed by atoms with Gasteiger partial charge in [-0.1, -0.05) is 13.8 Å². The largest absolute Gasteiger partial charge is 0.392 e. The van der Waals surface area contributed by atoms with E-state index in [0.717, 1.165) is 0 Å². The van der Waals surface area contributed by atoms with Crippen LogP contribution >= 0.6 is 0 Å². The maximum atomic E-state index is 10.9. The first kappa shape index (κ1) is 6.75. The zero-order valence-corrected chi connectivity index (χ0v) is 5.85. The van der Waals surface area contributed by atoms with E-state index in [1.54, 1.807) is 13.8 Å². The predicted octanol–water partition coefficient (Wildman–Crippen LogP) is 0.736. The monoisotopic (exact) mass is 128 g/mol. The van der Waals surface area contributed by atoms with E-state index in [4.69, 9.17) is 0 Å². The molecule has 0 spiro atoms. The van der Waals surface area contributed by atoms with Crippen molar-refractivity contribution >= 4 is 5.78 Å². The van der Waals surface area contributed by atoms with Gasteiger partial charge in [-0.2, -0.15) is 0 Å². The van der Waals surface area contributed by atoms with Gasteiger partial charge in [-0.3, -0.25) is 4.79 Å². The molecule has 0 aromatic heterocycles. The lowest BCUT2D eigenvalue weighted by atomic mass is 9.88. The summed E-state index contributed by atoms with van der Waals surface area (Å²) in [7, 11) is 0. The van der Waals surface area contributed by atoms with Crippen LogP contribution in [0, 0.1) is 5.41 Å². The van der Waals surface area contributed by atoms with Crippen LogP contribution in [0.15, 0.2) is 0 Å². The van der Waals surface area contributed by atoms with Crippen LogP contribution in [0.4, 0.5) is 0 Å². The van der Waals surface area contributed by atoms with Gasteiger partial charge < -0.3 is 5.11 Å². The molecule has 0 saturated heterocycles. The third kappa shape index (κ3) is 0.874. The summed E-state index contributed by atoms with van der Waals surface area (Å²) in [5.74, 6) is 0.190. The number of hydrogen-bond donors (Lipinski definition) is 1. The molecule has 0 unspecified atom stereocenters. The summed E-state index contributed by atoms with van der Waals surface area (Å²) in [5, 5.41) is 9.21. The highest BCUT2D eigenvalue weighted by molar-refractivity contribution is 5.86. The Morgan fingerprint density at radius 1 is 1.67 bits per heavy atom. The lowest BCUT2D eigenvalue weighted by molar-refractivity contribution is -0.126. The number of carbonyl (C=O) groups is 1. The molecular formula is C7H12O2. The normalized spacial score (nSPS) is 33.2. The molecule has 0 bridgehead atoms. The number of carbonyl (C=O) groups excluding carboxylic acids is 1. The number of aliphatic hydroxyl groups is 1. The minimum Gasteiger partial charge on any atom is -0.392 e. The Kier molecular flexibility index (Phi) is 1.35. The van der Waals surface area contributed by atoms with E-state index in [2.05, 4.69) is 0 Å². The van der Waals surface area contributed by atoms with Gasteiger partial charge in [0.1, 0.15) is 5.78 Å². The molecule has 1 atom stereocenters. The summed E-state index contributed by atoms with van der Waals surface area (Å²) >= 11 is 0. The Hall–Kier alpha value is -0.370. The van der Waals surface area contributed by atoms with Crippen molar-refractivity contribution in [3.8, 4) is 0 Å². The van der Waals surface area contributed by atoms with Crippen molar-refractivity contribution in [1.82, 2.24) is 0 Å². The third-order valence-electron chi connectivity index (χ3n) is 2.20. The maximum Gasteiger partial charge on any atom is 0.141 e. The molecule has 0 radical (unpaired) electrons. The number of rotatable bonds is 0.